The second-order valence-corrected chi connectivity index (χ2v) is 8.00. The molecule has 0 bridgehead atoms. The Morgan fingerprint density at radius 2 is 1.52 bits per heavy atom. The standard InChI is InChI=1S/C27H25N3O3/c1-32-21-12-8-19(9-13-21)24-23-25(29-28-24)27(31)30(17-16-18-6-4-3-5-7-18)26(23)20-10-14-22(33-2)15-11-20/h3-15,26H,16-17H2,1-2H3,(H,28,29). The molecule has 1 aliphatic heterocycles. The number of carbonyl (C=O) groups excluding carboxylic acids is 1. The highest BCUT2D eigenvalue weighted by molar-refractivity contribution is 6.00. The van der Waals surface area contributed by atoms with Crippen LogP contribution in [0.5, 0.6) is 11.5 Å². The zero-order valence-corrected chi connectivity index (χ0v) is 18.6. The Morgan fingerprint density at radius 1 is 0.879 bits per heavy atom. The Hall–Kier alpha value is -4.06. The lowest BCUT2D eigenvalue weighted by molar-refractivity contribution is 0.0746. The number of fused-ring (bicyclic) bond motifs is 1. The summed E-state index contributed by atoms with van der Waals surface area (Å²) in [7, 11) is 3.29. The molecule has 1 aromatic heterocycles. The van der Waals surface area contributed by atoms with Crippen LogP contribution < -0.4 is 9.47 Å². The van der Waals surface area contributed by atoms with E-state index in [1.165, 1.54) is 5.56 Å². The first kappa shape index (κ1) is 20.8. The number of nitrogens with one attached hydrogen (secondary N) is 1. The SMILES string of the molecule is COc1ccc(-c2n[nH]c3c2C(c2ccc(OC)cc2)N(CCc2ccccc2)C3=O)cc1. The summed E-state index contributed by atoms with van der Waals surface area (Å²) in [5.74, 6) is 1.52. The molecule has 0 radical (unpaired) electrons. The molecule has 0 spiro atoms. The monoisotopic (exact) mass is 439 g/mol. The van der Waals surface area contributed by atoms with Crippen LogP contribution in [-0.2, 0) is 6.42 Å². The van der Waals surface area contributed by atoms with Gasteiger partial charge in [-0.3, -0.25) is 9.89 Å². The summed E-state index contributed by atoms with van der Waals surface area (Å²) in [6.45, 7) is 0.601. The maximum atomic E-state index is 13.5. The summed E-state index contributed by atoms with van der Waals surface area (Å²) in [6.07, 6.45) is 0.773. The Balaban J connectivity index is 1.56. The molecular weight excluding hydrogens is 414 g/mol. The number of ether oxygens (including phenoxy) is 2. The molecule has 166 valence electrons. The topological polar surface area (TPSA) is 67.5 Å². The van der Waals surface area contributed by atoms with Gasteiger partial charge in [0.15, 0.2) is 0 Å². The van der Waals surface area contributed by atoms with Gasteiger partial charge >= 0.3 is 0 Å². The van der Waals surface area contributed by atoms with E-state index in [0.717, 1.165) is 40.3 Å². The molecule has 4 aromatic rings. The molecule has 0 fully saturated rings. The number of aromatic amines is 1. The van der Waals surface area contributed by atoms with Crippen molar-refractivity contribution in [2.75, 3.05) is 20.8 Å². The lowest BCUT2D eigenvalue weighted by atomic mass is 9.95. The molecular formula is C27H25N3O3. The van der Waals surface area contributed by atoms with E-state index in [0.29, 0.717) is 12.2 Å². The van der Waals surface area contributed by atoms with Crippen LogP contribution in [0, 0.1) is 0 Å². The largest absolute Gasteiger partial charge is 0.497 e. The third kappa shape index (κ3) is 3.84. The van der Waals surface area contributed by atoms with Gasteiger partial charge in [0.25, 0.3) is 5.91 Å². The van der Waals surface area contributed by atoms with Crippen molar-refractivity contribution in [3.05, 3.63) is 101 Å². The third-order valence-corrected chi connectivity index (χ3v) is 6.14. The van der Waals surface area contributed by atoms with Crippen LogP contribution in [0.3, 0.4) is 0 Å². The predicted octanol–water partition coefficient (Wildman–Crippen LogP) is 4.88. The highest BCUT2D eigenvalue weighted by Gasteiger charge is 2.41. The van der Waals surface area contributed by atoms with Crippen molar-refractivity contribution < 1.29 is 14.3 Å². The smallest absolute Gasteiger partial charge is 0.273 e. The van der Waals surface area contributed by atoms with Gasteiger partial charge in [-0.25, -0.2) is 0 Å². The fourth-order valence-electron chi connectivity index (χ4n) is 4.42. The molecule has 0 saturated heterocycles. The number of benzene rings is 3. The van der Waals surface area contributed by atoms with Crippen LogP contribution in [0.4, 0.5) is 0 Å². The normalized spacial score (nSPS) is 14.9. The number of hydrogen-bond acceptors (Lipinski definition) is 4. The van der Waals surface area contributed by atoms with Crippen molar-refractivity contribution in [1.29, 1.82) is 0 Å². The fraction of sp³-hybridized carbons (Fsp3) is 0.185. The summed E-state index contributed by atoms with van der Waals surface area (Å²) in [5.41, 5.74) is 5.39. The van der Waals surface area contributed by atoms with Gasteiger partial charge in [0.1, 0.15) is 17.2 Å². The van der Waals surface area contributed by atoms with E-state index >= 15 is 0 Å². The van der Waals surface area contributed by atoms with Crippen molar-refractivity contribution in [2.45, 2.75) is 12.5 Å². The summed E-state index contributed by atoms with van der Waals surface area (Å²) in [5, 5.41) is 7.55. The van der Waals surface area contributed by atoms with Gasteiger partial charge in [-0.1, -0.05) is 42.5 Å². The molecule has 0 aliphatic carbocycles. The van der Waals surface area contributed by atoms with E-state index in [9.17, 15) is 4.79 Å². The van der Waals surface area contributed by atoms with Gasteiger partial charge in [0.2, 0.25) is 0 Å². The van der Waals surface area contributed by atoms with E-state index in [-0.39, 0.29) is 11.9 Å². The summed E-state index contributed by atoms with van der Waals surface area (Å²) < 4.78 is 10.6. The van der Waals surface area contributed by atoms with Crippen molar-refractivity contribution in [3.8, 4) is 22.8 Å². The maximum absolute atomic E-state index is 13.5. The zero-order valence-electron chi connectivity index (χ0n) is 18.6. The maximum Gasteiger partial charge on any atom is 0.273 e. The van der Waals surface area contributed by atoms with E-state index in [4.69, 9.17) is 9.47 Å². The molecule has 0 saturated carbocycles. The van der Waals surface area contributed by atoms with Crippen molar-refractivity contribution in [2.24, 2.45) is 0 Å². The lowest BCUT2D eigenvalue weighted by Crippen LogP contribution is -2.31. The number of rotatable bonds is 7. The average molecular weight is 440 g/mol. The first-order valence-electron chi connectivity index (χ1n) is 10.9. The molecule has 1 amide bonds. The third-order valence-electron chi connectivity index (χ3n) is 6.14. The van der Waals surface area contributed by atoms with E-state index in [1.54, 1.807) is 14.2 Å². The average Bonchev–Trinajstić information content (AvgIpc) is 3.42. The Labute approximate surface area is 192 Å². The van der Waals surface area contributed by atoms with E-state index in [1.807, 2.05) is 71.6 Å². The summed E-state index contributed by atoms with van der Waals surface area (Å²) in [6, 6.07) is 25.6. The summed E-state index contributed by atoms with van der Waals surface area (Å²) >= 11 is 0. The van der Waals surface area contributed by atoms with Crippen LogP contribution in [0.1, 0.15) is 33.2 Å². The minimum atomic E-state index is -0.238. The number of hydrogen-bond donors (Lipinski definition) is 1. The fourth-order valence-corrected chi connectivity index (χ4v) is 4.42. The minimum Gasteiger partial charge on any atom is -0.497 e. The van der Waals surface area contributed by atoms with Gasteiger partial charge in [-0.05, 0) is 53.9 Å². The van der Waals surface area contributed by atoms with E-state index < -0.39 is 0 Å². The van der Waals surface area contributed by atoms with Gasteiger partial charge in [-0.15, -0.1) is 0 Å². The van der Waals surface area contributed by atoms with Gasteiger partial charge < -0.3 is 14.4 Å². The second-order valence-electron chi connectivity index (χ2n) is 8.00. The van der Waals surface area contributed by atoms with E-state index in [2.05, 4.69) is 22.3 Å². The van der Waals surface area contributed by atoms with Gasteiger partial charge in [0, 0.05) is 17.7 Å². The van der Waals surface area contributed by atoms with Crippen LogP contribution in [0.25, 0.3) is 11.3 Å². The molecule has 1 unspecified atom stereocenters. The summed E-state index contributed by atoms with van der Waals surface area (Å²) in [4.78, 5) is 15.4. The van der Waals surface area contributed by atoms with Crippen LogP contribution in [0.2, 0.25) is 0 Å². The van der Waals surface area contributed by atoms with Crippen molar-refractivity contribution in [1.82, 2.24) is 15.1 Å². The highest BCUT2D eigenvalue weighted by Crippen LogP contribution is 2.43. The first-order chi connectivity index (χ1) is 16.2. The number of nitrogens with zero attached hydrogens (tertiary/aromatic N) is 2. The van der Waals surface area contributed by atoms with Crippen molar-refractivity contribution in [3.63, 3.8) is 0 Å². The molecule has 5 rings (SSSR count). The van der Waals surface area contributed by atoms with Crippen LogP contribution in [-0.4, -0.2) is 41.8 Å². The zero-order chi connectivity index (χ0) is 22.8. The molecule has 1 atom stereocenters. The minimum absolute atomic E-state index is 0.0333. The number of carbonyl (C=O) groups is 1. The first-order valence-corrected chi connectivity index (χ1v) is 10.9. The number of methoxy groups -OCH3 is 2. The Bertz CT molecular complexity index is 1250. The Morgan fingerprint density at radius 3 is 2.15 bits per heavy atom. The Kier molecular flexibility index (Phi) is 5.57. The van der Waals surface area contributed by atoms with Gasteiger partial charge in [-0.2, -0.15) is 5.10 Å². The molecule has 1 N–H and O–H groups in total. The highest BCUT2D eigenvalue weighted by atomic mass is 16.5. The molecule has 3 aromatic carbocycles. The lowest BCUT2D eigenvalue weighted by Gasteiger charge is -2.26. The number of amides is 1. The van der Waals surface area contributed by atoms with Crippen LogP contribution in [0.15, 0.2) is 78.9 Å². The van der Waals surface area contributed by atoms with Gasteiger partial charge in [0.05, 0.1) is 26.0 Å². The molecule has 1 aliphatic rings. The predicted molar refractivity (Wildman–Crippen MR) is 127 cm³/mol. The van der Waals surface area contributed by atoms with Crippen molar-refractivity contribution >= 4 is 5.91 Å². The number of H-pyrrole nitrogens is 1. The second kappa shape index (κ2) is 8.82. The van der Waals surface area contributed by atoms with Crippen LogP contribution >= 0.6 is 0 Å². The molecule has 33 heavy (non-hydrogen) atoms. The number of aromatic nitrogens is 2. The molecule has 2 heterocycles. The molecule has 6 heteroatoms. The quantitative estimate of drug-likeness (QED) is 0.446. The molecule has 6 nitrogen and oxygen atoms in total.